The van der Waals surface area contributed by atoms with Gasteiger partial charge < -0.3 is 19.7 Å². The molecule has 148 valence electrons. The minimum atomic E-state index is -0.415. The molecule has 1 heterocycles. The van der Waals surface area contributed by atoms with Crippen LogP contribution in [0.4, 0.5) is 11.4 Å². The van der Waals surface area contributed by atoms with E-state index in [0.717, 1.165) is 42.9 Å². The zero-order chi connectivity index (χ0) is 19.9. The standard InChI is InChI=1S/C22H26N2O4/c1-27-18-9-5-16(6-10-18)7-12-21(25)23-19-15-17(22(26)28-2)8-11-20(19)24-13-3-4-14-24/h5-6,8-11,15H,3-4,7,12-14H2,1-2H3,(H,23,25). The number of nitrogens with zero attached hydrogens (tertiary/aromatic N) is 1. The molecule has 3 rings (SSSR count). The summed E-state index contributed by atoms with van der Waals surface area (Å²) in [5, 5.41) is 2.99. The molecule has 0 aliphatic carbocycles. The second-order valence-electron chi connectivity index (χ2n) is 6.81. The van der Waals surface area contributed by atoms with Crippen molar-refractivity contribution >= 4 is 23.3 Å². The fourth-order valence-electron chi connectivity index (χ4n) is 3.38. The highest BCUT2D eigenvalue weighted by molar-refractivity contribution is 5.98. The molecule has 1 saturated heterocycles. The van der Waals surface area contributed by atoms with Gasteiger partial charge in [-0.3, -0.25) is 4.79 Å². The summed E-state index contributed by atoms with van der Waals surface area (Å²) < 4.78 is 9.96. The molecule has 0 spiro atoms. The molecule has 1 amide bonds. The van der Waals surface area contributed by atoms with E-state index in [1.165, 1.54) is 7.11 Å². The molecule has 0 bridgehead atoms. The first-order valence-electron chi connectivity index (χ1n) is 9.51. The van der Waals surface area contributed by atoms with Crippen LogP contribution in [0.3, 0.4) is 0 Å². The molecular weight excluding hydrogens is 356 g/mol. The summed E-state index contributed by atoms with van der Waals surface area (Å²) in [6.45, 7) is 1.90. The Morgan fingerprint density at radius 2 is 1.75 bits per heavy atom. The van der Waals surface area contributed by atoms with Gasteiger partial charge in [-0.05, 0) is 55.2 Å². The van der Waals surface area contributed by atoms with Gasteiger partial charge in [-0.15, -0.1) is 0 Å². The van der Waals surface area contributed by atoms with Crippen molar-refractivity contribution in [1.29, 1.82) is 0 Å². The normalized spacial score (nSPS) is 13.3. The minimum Gasteiger partial charge on any atom is -0.497 e. The summed E-state index contributed by atoms with van der Waals surface area (Å²) >= 11 is 0. The topological polar surface area (TPSA) is 67.9 Å². The van der Waals surface area contributed by atoms with Gasteiger partial charge in [0.15, 0.2) is 0 Å². The van der Waals surface area contributed by atoms with Crippen LogP contribution in [0.25, 0.3) is 0 Å². The number of amides is 1. The number of benzene rings is 2. The van der Waals surface area contributed by atoms with E-state index < -0.39 is 5.97 Å². The first-order valence-corrected chi connectivity index (χ1v) is 9.51. The molecule has 0 saturated carbocycles. The maximum absolute atomic E-state index is 12.6. The molecule has 1 aliphatic heterocycles. The number of esters is 1. The number of carbonyl (C=O) groups excluding carboxylic acids is 2. The monoisotopic (exact) mass is 382 g/mol. The molecule has 2 aromatic rings. The number of rotatable bonds is 7. The quantitative estimate of drug-likeness (QED) is 0.741. The molecule has 0 aromatic heterocycles. The highest BCUT2D eigenvalue weighted by atomic mass is 16.5. The minimum absolute atomic E-state index is 0.0849. The summed E-state index contributed by atoms with van der Waals surface area (Å²) in [7, 11) is 2.98. The number of hydrogen-bond acceptors (Lipinski definition) is 5. The van der Waals surface area contributed by atoms with Crippen LogP contribution in [0.2, 0.25) is 0 Å². The number of hydrogen-bond donors (Lipinski definition) is 1. The number of aryl methyl sites for hydroxylation is 1. The van der Waals surface area contributed by atoms with Gasteiger partial charge in [-0.25, -0.2) is 4.79 Å². The highest BCUT2D eigenvalue weighted by Crippen LogP contribution is 2.30. The van der Waals surface area contributed by atoms with Crippen molar-refractivity contribution in [3.63, 3.8) is 0 Å². The molecule has 0 radical (unpaired) electrons. The molecule has 2 aromatic carbocycles. The van der Waals surface area contributed by atoms with Crippen molar-refractivity contribution in [2.75, 3.05) is 37.5 Å². The lowest BCUT2D eigenvalue weighted by Crippen LogP contribution is -2.21. The van der Waals surface area contributed by atoms with E-state index >= 15 is 0 Å². The number of methoxy groups -OCH3 is 2. The lowest BCUT2D eigenvalue weighted by molar-refractivity contribution is -0.116. The van der Waals surface area contributed by atoms with Crippen molar-refractivity contribution in [3.8, 4) is 5.75 Å². The van der Waals surface area contributed by atoms with Crippen LogP contribution in [0, 0.1) is 0 Å². The highest BCUT2D eigenvalue weighted by Gasteiger charge is 2.19. The van der Waals surface area contributed by atoms with Crippen molar-refractivity contribution < 1.29 is 19.1 Å². The van der Waals surface area contributed by atoms with Gasteiger partial charge in [0.05, 0.1) is 31.2 Å². The number of anilines is 2. The summed E-state index contributed by atoms with van der Waals surface area (Å²) in [4.78, 5) is 26.7. The Labute approximate surface area is 165 Å². The third kappa shape index (κ3) is 4.82. The summed E-state index contributed by atoms with van der Waals surface area (Å²) in [6, 6.07) is 13.0. The molecular formula is C22H26N2O4. The molecule has 6 nitrogen and oxygen atoms in total. The summed E-state index contributed by atoms with van der Waals surface area (Å²) in [5.74, 6) is 0.295. The SMILES string of the molecule is COC(=O)c1ccc(N2CCCC2)c(NC(=O)CCc2ccc(OC)cc2)c1. The fourth-order valence-corrected chi connectivity index (χ4v) is 3.38. The molecule has 0 unspecified atom stereocenters. The Kier molecular flexibility index (Phi) is 6.53. The molecule has 1 aliphatic rings. The molecule has 28 heavy (non-hydrogen) atoms. The van der Waals surface area contributed by atoms with E-state index in [-0.39, 0.29) is 5.91 Å². The van der Waals surface area contributed by atoms with E-state index in [2.05, 4.69) is 10.2 Å². The van der Waals surface area contributed by atoms with Crippen LogP contribution in [-0.4, -0.2) is 39.2 Å². The predicted octanol–water partition coefficient (Wildman–Crippen LogP) is 3.65. The average molecular weight is 382 g/mol. The predicted molar refractivity (Wildman–Crippen MR) is 109 cm³/mol. The number of nitrogens with one attached hydrogen (secondary N) is 1. The van der Waals surface area contributed by atoms with Crippen molar-refractivity contribution in [1.82, 2.24) is 0 Å². The zero-order valence-electron chi connectivity index (χ0n) is 16.4. The first-order chi connectivity index (χ1) is 13.6. The van der Waals surface area contributed by atoms with Gasteiger partial charge in [0.25, 0.3) is 0 Å². The largest absolute Gasteiger partial charge is 0.497 e. The third-order valence-corrected chi connectivity index (χ3v) is 4.94. The lowest BCUT2D eigenvalue weighted by Gasteiger charge is -2.22. The van der Waals surface area contributed by atoms with Crippen molar-refractivity contribution in [2.45, 2.75) is 25.7 Å². The van der Waals surface area contributed by atoms with Gasteiger partial charge in [-0.2, -0.15) is 0 Å². The Bertz CT molecular complexity index is 827. The maximum atomic E-state index is 12.6. The molecule has 0 atom stereocenters. The van der Waals surface area contributed by atoms with E-state index in [1.54, 1.807) is 19.2 Å². The Morgan fingerprint density at radius 1 is 1.04 bits per heavy atom. The van der Waals surface area contributed by atoms with Gasteiger partial charge >= 0.3 is 5.97 Å². The van der Waals surface area contributed by atoms with E-state index in [4.69, 9.17) is 9.47 Å². The maximum Gasteiger partial charge on any atom is 0.337 e. The second-order valence-corrected chi connectivity index (χ2v) is 6.81. The van der Waals surface area contributed by atoms with Crippen LogP contribution in [-0.2, 0) is 16.0 Å². The van der Waals surface area contributed by atoms with E-state index in [9.17, 15) is 9.59 Å². The third-order valence-electron chi connectivity index (χ3n) is 4.94. The number of ether oxygens (including phenoxy) is 2. The average Bonchev–Trinajstić information content (AvgIpc) is 3.26. The Hall–Kier alpha value is -3.02. The van der Waals surface area contributed by atoms with Crippen molar-refractivity contribution in [3.05, 3.63) is 53.6 Å². The smallest absolute Gasteiger partial charge is 0.337 e. The second kappa shape index (κ2) is 9.26. The van der Waals surface area contributed by atoms with Crippen molar-refractivity contribution in [2.24, 2.45) is 0 Å². The fraction of sp³-hybridized carbons (Fsp3) is 0.364. The Morgan fingerprint density at radius 3 is 2.39 bits per heavy atom. The van der Waals surface area contributed by atoms with Gasteiger partial charge in [0.2, 0.25) is 5.91 Å². The van der Waals surface area contributed by atoms with Crippen LogP contribution < -0.4 is 15.0 Å². The summed E-state index contributed by atoms with van der Waals surface area (Å²) in [5.41, 5.74) is 3.10. The van der Waals surface area contributed by atoms with E-state index in [1.807, 2.05) is 30.3 Å². The van der Waals surface area contributed by atoms with Crippen LogP contribution in [0.15, 0.2) is 42.5 Å². The zero-order valence-corrected chi connectivity index (χ0v) is 16.4. The first kappa shape index (κ1) is 19.7. The van der Waals surface area contributed by atoms with Gasteiger partial charge in [0, 0.05) is 19.5 Å². The molecule has 1 fully saturated rings. The van der Waals surface area contributed by atoms with E-state index in [0.29, 0.717) is 24.1 Å². The number of carbonyl (C=O) groups is 2. The van der Waals surface area contributed by atoms with Crippen LogP contribution in [0.5, 0.6) is 5.75 Å². The van der Waals surface area contributed by atoms with Crippen LogP contribution >= 0.6 is 0 Å². The molecule has 6 heteroatoms. The lowest BCUT2D eigenvalue weighted by atomic mass is 10.1. The molecule has 1 N–H and O–H groups in total. The summed E-state index contributed by atoms with van der Waals surface area (Å²) in [6.07, 6.45) is 3.24. The Balaban J connectivity index is 1.70. The van der Waals surface area contributed by atoms with Gasteiger partial charge in [-0.1, -0.05) is 12.1 Å². The van der Waals surface area contributed by atoms with Gasteiger partial charge in [0.1, 0.15) is 5.75 Å². The van der Waals surface area contributed by atoms with Crippen LogP contribution in [0.1, 0.15) is 35.2 Å².